The van der Waals surface area contributed by atoms with Crippen LogP contribution >= 0.6 is 23.2 Å². The Hall–Kier alpha value is -1.69. The van der Waals surface area contributed by atoms with Crippen LogP contribution in [0.15, 0.2) is 36.4 Å². The number of aromatic nitrogens is 2. The van der Waals surface area contributed by atoms with Crippen molar-refractivity contribution in [3.63, 3.8) is 0 Å². The van der Waals surface area contributed by atoms with E-state index in [4.69, 9.17) is 27.9 Å². The smallest absolute Gasteiger partial charge is 0.255 e. The van der Waals surface area contributed by atoms with Gasteiger partial charge in [0.25, 0.3) is 5.91 Å². The highest BCUT2D eigenvalue weighted by atomic mass is 35.5. The molecule has 0 saturated carbocycles. The van der Waals surface area contributed by atoms with Crippen molar-refractivity contribution in [2.24, 2.45) is 0 Å². The standard InChI is InChI=1S/C16H17Cl2N3O2/c1-16(2,10-23-9-11-6-4-3-5-7-11)19-15(22)12-8-13(17)20-21-14(12)18/h3-8H,9-10H2,1-2H3,(H,19,22). The SMILES string of the molecule is CC(C)(COCc1ccccc1)NC(=O)c1cc(Cl)nnc1Cl. The number of carbonyl (C=O) groups is 1. The summed E-state index contributed by atoms with van der Waals surface area (Å²) in [4.78, 5) is 12.3. The maximum absolute atomic E-state index is 12.3. The molecule has 5 nitrogen and oxygen atoms in total. The van der Waals surface area contributed by atoms with E-state index in [2.05, 4.69) is 15.5 Å². The Kier molecular flexibility index (Phi) is 5.93. The predicted octanol–water partition coefficient (Wildman–Crippen LogP) is 3.51. The molecule has 1 heterocycles. The van der Waals surface area contributed by atoms with Gasteiger partial charge in [-0.25, -0.2) is 0 Å². The van der Waals surface area contributed by atoms with Crippen molar-refractivity contribution in [2.75, 3.05) is 6.61 Å². The van der Waals surface area contributed by atoms with Crippen LogP contribution in [0.3, 0.4) is 0 Å². The summed E-state index contributed by atoms with van der Waals surface area (Å²) >= 11 is 11.6. The van der Waals surface area contributed by atoms with Gasteiger partial charge in [-0.2, -0.15) is 0 Å². The molecule has 1 amide bonds. The number of halogens is 2. The topological polar surface area (TPSA) is 64.1 Å². The lowest BCUT2D eigenvalue weighted by atomic mass is 10.1. The summed E-state index contributed by atoms with van der Waals surface area (Å²) in [6, 6.07) is 11.2. The van der Waals surface area contributed by atoms with Gasteiger partial charge in [-0.1, -0.05) is 53.5 Å². The monoisotopic (exact) mass is 353 g/mol. The lowest BCUT2D eigenvalue weighted by Gasteiger charge is -2.26. The summed E-state index contributed by atoms with van der Waals surface area (Å²) in [5.41, 5.74) is 0.677. The molecule has 2 aromatic rings. The van der Waals surface area contributed by atoms with E-state index in [1.807, 2.05) is 44.2 Å². The van der Waals surface area contributed by atoms with Crippen LogP contribution in [0.2, 0.25) is 10.3 Å². The Balaban J connectivity index is 1.92. The Labute approximate surface area is 145 Å². The second-order valence-electron chi connectivity index (χ2n) is 5.69. The maximum Gasteiger partial charge on any atom is 0.255 e. The maximum atomic E-state index is 12.3. The lowest BCUT2D eigenvalue weighted by Crippen LogP contribution is -2.47. The molecule has 0 bridgehead atoms. The van der Waals surface area contributed by atoms with Crippen LogP contribution in [-0.2, 0) is 11.3 Å². The zero-order valence-electron chi connectivity index (χ0n) is 12.8. The minimum Gasteiger partial charge on any atom is -0.374 e. The second-order valence-corrected chi connectivity index (χ2v) is 6.43. The van der Waals surface area contributed by atoms with Crippen LogP contribution in [0.1, 0.15) is 29.8 Å². The van der Waals surface area contributed by atoms with Crippen LogP contribution < -0.4 is 5.32 Å². The number of benzene rings is 1. The third-order valence-corrected chi connectivity index (χ3v) is 3.45. The lowest BCUT2D eigenvalue weighted by molar-refractivity contribution is 0.0616. The van der Waals surface area contributed by atoms with Crippen LogP contribution in [0.25, 0.3) is 0 Å². The average molecular weight is 354 g/mol. The van der Waals surface area contributed by atoms with Crippen molar-refractivity contribution in [3.05, 3.63) is 57.8 Å². The van der Waals surface area contributed by atoms with Crippen LogP contribution in [0.4, 0.5) is 0 Å². The Morgan fingerprint density at radius 1 is 1.22 bits per heavy atom. The molecular formula is C16H17Cl2N3O2. The highest BCUT2D eigenvalue weighted by Crippen LogP contribution is 2.16. The molecule has 122 valence electrons. The molecule has 7 heteroatoms. The Morgan fingerprint density at radius 2 is 1.91 bits per heavy atom. The molecule has 0 aliphatic carbocycles. The van der Waals surface area contributed by atoms with E-state index >= 15 is 0 Å². The molecule has 0 aliphatic rings. The first-order valence-corrected chi connectivity index (χ1v) is 7.76. The van der Waals surface area contributed by atoms with Crippen LogP contribution in [-0.4, -0.2) is 28.3 Å². The Morgan fingerprint density at radius 3 is 2.61 bits per heavy atom. The van der Waals surface area contributed by atoms with Crippen molar-refractivity contribution in [3.8, 4) is 0 Å². The van der Waals surface area contributed by atoms with Gasteiger partial charge in [0.2, 0.25) is 0 Å². The number of carbonyl (C=O) groups excluding carboxylic acids is 1. The number of amides is 1. The first-order valence-electron chi connectivity index (χ1n) is 7.00. The minimum atomic E-state index is -0.578. The van der Waals surface area contributed by atoms with Crippen LogP contribution in [0.5, 0.6) is 0 Å². The fourth-order valence-corrected chi connectivity index (χ4v) is 2.25. The highest BCUT2D eigenvalue weighted by molar-refractivity contribution is 6.34. The van der Waals surface area contributed by atoms with Gasteiger partial charge < -0.3 is 10.1 Å². The molecule has 1 aromatic carbocycles. The molecule has 0 saturated heterocycles. The van der Waals surface area contributed by atoms with Crippen molar-refractivity contribution in [1.29, 1.82) is 0 Å². The summed E-state index contributed by atoms with van der Waals surface area (Å²) in [6.07, 6.45) is 0. The van der Waals surface area contributed by atoms with Gasteiger partial charge in [0.05, 0.1) is 24.3 Å². The van der Waals surface area contributed by atoms with Gasteiger partial charge >= 0.3 is 0 Å². The molecule has 1 aromatic heterocycles. The predicted molar refractivity (Wildman–Crippen MR) is 89.7 cm³/mol. The number of nitrogens with one attached hydrogen (secondary N) is 1. The molecule has 0 fully saturated rings. The summed E-state index contributed by atoms with van der Waals surface area (Å²) < 4.78 is 5.67. The van der Waals surface area contributed by atoms with E-state index in [-0.39, 0.29) is 21.8 Å². The van der Waals surface area contributed by atoms with E-state index in [1.54, 1.807) is 0 Å². The van der Waals surface area contributed by atoms with Crippen LogP contribution in [0, 0.1) is 0 Å². The molecule has 2 rings (SSSR count). The molecule has 0 spiro atoms. The summed E-state index contributed by atoms with van der Waals surface area (Å²) in [5, 5.41) is 10.2. The first-order chi connectivity index (χ1) is 10.9. The minimum absolute atomic E-state index is 0.00732. The molecule has 1 N–H and O–H groups in total. The highest BCUT2D eigenvalue weighted by Gasteiger charge is 2.23. The van der Waals surface area contributed by atoms with Gasteiger partial charge in [-0.3, -0.25) is 4.79 Å². The first kappa shape index (κ1) is 17.7. The van der Waals surface area contributed by atoms with Gasteiger partial charge in [-0.15, -0.1) is 10.2 Å². The van der Waals surface area contributed by atoms with Gasteiger partial charge in [0.15, 0.2) is 10.3 Å². The van der Waals surface area contributed by atoms with E-state index in [0.29, 0.717) is 13.2 Å². The van der Waals surface area contributed by atoms with E-state index < -0.39 is 5.54 Å². The van der Waals surface area contributed by atoms with Gasteiger partial charge in [0, 0.05) is 0 Å². The number of rotatable bonds is 6. The van der Waals surface area contributed by atoms with Crippen molar-refractivity contribution < 1.29 is 9.53 Å². The Bertz CT molecular complexity index is 678. The quantitative estimate of drug-likeness (QED) is 0.862. The molecule has 23 heavy (non-hydrogen) atoms. The fourth-order valence-electron chi connectivity index (χ4n) is 1.92. The third kappa shape index (κ3) is 5.46. The molecule has 0 atom stereocenters. The number of hydrogen-bond acceptors (Lipinski definition) is 4. The van der Waals surface area contributed by atoms with Crippen molar-refractivity contribution in [1.82, 2.24) is 15.5 Å². The third-order valence-electron chi connectivity index (χ3n) is 2.99. The molecule has 0 aliphatic heterocycles. The van der Waals surface area contributed by atoms with Gasteiger partial charge in [-0.05, 0) is 25.5 Å². The van der Waals surface area contributed by atoms with E-state index in [0.717, 1.165) is 5.56 Å². The molecule has 0 unspecified atom stereocenters. The zero-order chi connectivity index (χ0) is 16.9. The van der Waals surface area contributed by atoms with Crippen molar-refractivity contribution >= 4 is 29.1 Å². The van der Waals surface area contributed by atoms with Crippen molar-refractivity contribution in [2.45, 2.75) is 26.0 Å². The summed E-state index contributed by atoms with van der Waals surface area (Å²) in [5.74, 6) is -0.375. The summed E-state index contributed by atoms with van der Waals surface area (Å²) in [6.45, 7) is 4.54. The number of ether oxygens (including phenoxy) is 1. The fraction of sp³-hybridized carbons (Fsp3) is 0.312. The van der Waals surface area contributed by atoms with E-state index in [9.17, 15) is 4.79 Å². The molecule has 0 radical (unpaired) electrons. The summed E-state index contributed by atoms with van der Waals surface area (Å²) in [7, 11) is 0. The van der Waals surface area contributed by atoms with E-state index in [1.165, 1.54) is 6.07 Å². The number of nitrogens with zero attached hydrogens (tertiary/aromatic N) is 2. The number of hydrogen-bond donors (Lipinski definition) is 1. The zero-order valence-corrected chi connectivity index (χ0v) is 14.4. The normalized spacial score (nSPS) is 11.3. The van der Waals surface area contributed by atoms with Gasteiger partial charge in [0.1, 0.15) is 0 Å². The second kappa shape index (κ2) is 7.73. The molecular weight excluding hydrogens is 337 g/mol. The average Bonchev–Trinajstić information content (AvgIpc) is 2.50. The largest absolute Gasteiger partial charge is 0.374 e.